The molecule has 0 spiro atoms. The maximum Gasteiger partial charge on any atom is 0.253 e. The predicted molar refractivity (Wildman–Crippen MR) is 104 cm³/mol. The van der Waals surface area contributed by atoms with Crippen LogP contribution in [0.15, 0.2) is 40.9 Å². The van der Waals surface area contributed by atoms with E-state index in [9.17, 15) is 8.42 Å². The Balaban J connectivity index is 1.93. The first kappa shape index (κ1) is 19.5. The molecule has 0 aliphatic carbocycles. The Morgan fingerprint density at radius 1 is 1.31 bits per heavy atom. The predicted octanol–water partition coefficient (Wildman–Crippen LogP) is 3.88. The van der Waals surface area contributed by atoms with Gasteiger partial charge in [-0.15, -0.1) is 11.3 Å². The number of ether oxygens (including phenoxy) is 1. The van der Waals surface area contributed by atoms with Crippen LogP contribution in [0.1, 0.15) is 43.2 Å². The molecule has 2 aromatic rings. The second-order valence-electron chi connectivity index (χ2n) is 6.67. The van der Waals surface area contributed by atoms with Crippen molar-refractivity contribution in [3.63, 3.8) is 0 Å². The molecule has 2 aromatic heterocycles. The van der Waals surface area contributed by atoms with E-state index in [0.29, 0.717) is 29.9 Å². The monoisotopic (exact) mass is 394 g/mol. The quantitative estimate of drug-likeness (QED) is 0.715. The summed E-state index contributed by atoms with van der Waals surface area (Å²) >= 11 is 1.37. The van der Waals surface area contributed by atoms with Crippen LogP contribution in [0.2, 0.25) is 0 Å². The molecule has 0 amide bonds. The number of hydrogen-bond acceptors (Lipinski definition) is 5. The fourth-order valence-corrected chi connectivity index (χ4v) is 6.36. The normalized spacial score (nSPS) is 17.5. The van der Waals surface area contributed by atoms with Crippen LogP contribution in [0.25, 0.3) is 0 Å². The molecule has 1 aliphatic heterocycles. The van der Waals surface area contributed by atoms with Crippen molar-refractivity contribution in [2.45, 2.75) is 43.4 Å². The number of hydrogen-bond donors (Lipinski definition) is 0. The second-order valence-corrected chi connectivity index (χ2v) is 9.95. The first-order valence-corrected chi connectivity index (χ1v) is 11.4. The molecule has 26 heavy (non-hydrogen) atoms. The highest BCUT2D eigenvalue weighted by Crippen LogP contribution is 2.33. The minimum absolute atomic E-state index is 0.260. The van der Waals surface area contributed by atoms with Gasteiger partial charge in [-0.05, 0) is 55.9 Å². The lowest BCUT2D eigenvalue weighted by atomic mass is 9.99. The summed E-state index contributed by atoms with van der Waals surface area (Å²) in [7, 11) is -3.55. The number of nitrogens with zero attached hydrogens (tertiary/aromatic N) is 2. The van der Waals surface area contributed by atoms with Crippen LogP contribution in [0.4, 0.5) is 0 Å². The molecule has 3 rings (SSSR count). The zero-order valence-electron chi connectivity index (χ0n) is 15.3. The van der Waals surface area contributed by atoms with Gasteiger partial charge >= 0.3 is 0 Å². The molecule has 1 atom stereocenters. The molecule has 7 heteroatoms. The summed E-state index contributed by atoms with van der Waals surface area (Å²) in [6.07, 6.45) is 6.11. The van der Waals surface area contributed by atoms with Gasteiger partial charge in [-0.1, -0.05) is 13.0 Å². The fourth-order valence-electron chi connectivity index (χ4n) is 3.24. The molecule has 1 unspecified atom stereocenters. The molecule has 0 N–H and O–H groups in total. The van der Waals surface area contributed by atoms with Crippen molar-refractivity contribution in [2.75, 3.05) is 19.8 Å². The number of rotatable bonds is 7. The molecule has 5 nitrogen and oxygen atoms in total. The molecule has 0 saturated carbocycles. The van der Waals surface area contributed by atoms with Crippen LogP contribution in [0, 0.1) is 5.92 Å². The summed E-state index contributed by atoms with van der Waals surface area (Å²) in [4.78, 5) is 5.25. The number of aromatic nitrogens is 1. The molecule has 0 bridgehead atoms. The van der Waals surface area contributed by atoms with Gasteiger partial charge in [0.1, 0.15) is 4.21 Å². The van der Waals surface area contributed by atoms with E-state index in [1.807, 2.05) is 32.0 Å². The lowest BCUT2D eigenvalue weighted by Gasteiger charge is -2.33. The number of aryl methyl sites for hydroxylation is 1. The summed E-state index contributed by atoms with van der Waals surface area (Å²) in [5.74, 6) is 0.322. The lowest BCUT2D eigenvalue weighted by Crippen LogP contribution is -2.38. The van der Waals surface area contributed by atoms with Gasteiger partial charge in [-0.3, -0.25) is 4.98 Å². The van der Waals surface area contributed by atoms with Gasteiger partial charge in [-0.25, -0.2) is 8.42 Å². The van der Waals surface area contributed by atoms with Crippen LogP contribution in [-0.2, 0) is 21.2 Å². The van der Waals surface area contributed by atoms with Gasteiger partial charge < -0.3 is 4.74 Å². The van der Waals surface area contributed by atoms with Crippen molar-refractivity contribution in [2.24, 2.45) is 5.92 Å². The summed E-state index contributed by atoms with van der Waals surface area (Å²) in [5, 5.41) is 0. The highest BCUT2D eigenvalue weighted by atomic mass is 32.2. The molecule has 1 saturated heterocycles. The van der Waals surface area contributed by atoms with Crippen molar-refractivity contribution in [1.82, 2.24) is 9.29 Å². The number of thiophene rings is 1. The minimum Gasteiger partial charge on any atom is -0.381 e. The van der Waals surface area contributed by atoms with E-state index >= 15 is 0 Å². The Bertz CT molecular complexity index is 799. The van der Waals surface area contributed by atoms with Crippen LogP contribution in [-0.4, -0.2) is 37.5 Å². The van der Waals surface area contributed by atoms with Crippen LogP contribution >= 0.6 is 11.3 Å². The minimum atomic E-state index is -3.55. The second kappa shape index (κ2) is 8.61. The van der Waals surface area contributed by atoms with E-state index in [2.05, 4.69) is 4.98 Å². The Morgan fingerprint density at radius 2 is 2.08 bits per heavy atom. The van der Waals surface area contributed by atoms with Gasteiger partial charge in [0.2, 0.25) is 0 Å². The summed E-state index contributed by atoms with van der Waals surface area (Å²) in [5.41, 5.74) is 0.912. The average molecular weight is 395 g/mol. The third kappa shape index (κ3) is 4.34. The van der Waals surface area contributed by atoms with Gasteiger partial charge in [0.25, 0.3) is 10.0 Å². The Labute approximate surface area is 160 Å². The summed E-state index contributed by atoms with van der Waals surface area (Å²) in [6, 6.07) is 7.19. The zero-order valence-corrected chi connectivity index (χ0v) is 16.9. The van der Waals surface area contributed by atoms with E-state index in [4.69, 9.17) is 4.74 Å². The van der Waals surface area contributed by atoms with Crippen molar-refractivity contribution in [3.8, 4) is 0 Å². The molecule has 1 fully saturated rings. The topological polar surface area (TPSA) is 59.5 Å². The van der Waals surface area contributed by atoms with E-state index in [-0.39, 0.29) is 6.04 Å². The maximum atomic E-state index is 13.4. The van der Waals surface area contributed by atoms with E-state index in [0.717, 1.165) is 29.7 Å². The van der Waals surface area contributed by atoms with E-state index < -0.39 is 10.0 Å². The van der Waals surface area contributed by atoms with Gasteiger partial charge in [0.05, 0.1) is 0 Å². The SMILES string of the molecule is CCc1ccc(S(=O)(=O)N(CC2CCOCC2)C(C)c2cccnc2)s1. The smallest absolute Gasteiger partial charge is 0.253 e. The van der Waals surface area contributed by atoms with Gasteiger partial charge in [0.15, 0.2) is 0 Å². The Hall–Kier alpha value is -1.28. The summed E-state index contributed by atoms with van der Waals surface area (Å²) < 4.78 is 34.4. The molecule has 142 valence electrons. The maximum absolute atomic E-state index is 13.4. The molecule has 3 heterocycles. The average Bonchev–Trinajstić information content (AvgIpc) is 3.17. The van der Waals surface area contributed by atoms with E-state index in [1.165, 1.54) is 11.3 Å². The lowest BCUT2D eigenvalue weighted by molar-refractivity contribution is 0.0581. The van der Waals surface area contributed by atoms with Crippen molar-refractivity contribution >= 4 is 21.4 Å². The van der Waals surface area contributed by atoms with Crippen molar-refractivity contribution in [1.29, 1.82) is 0 Å². The summed E-state index contributed by atoms with van der Waals surface area (Å²) in [6.45, 7) is 5.92. The van der Waals surface area contributed by atoms with Crippen LogP contribution in [0.3, 0.4) is 0 Å². The largest absolute Gasteiger partial charge is 0.381 e. The molecule has 0 aromatic carbocycles. The highest BCUT2D eigenvalue weighted by Gasteiger charge is 2.33. The first-order chi connectivity index (χ1) is 12.5. The standard InChI is InChI=1S/C19H26N2O3S2/c1-3-18-6-7-19(25-18)26(22,23)21(14-16-8-11-24-12-9-16)15(2)17-5-4-10-20-13-17/h4-7,10,13,15-16H,3,8-9,11-12,14H2,1-2H3. The van der Waals surface area contributed by atoms with Gasteiger partial charge in [0, 0.05) is 43.1 Å². The number of pyridine rings is 1. The zero-order chi connectivity index (χ0) is 18.6. The first-order valence-electron chi connectivity index (χ1n) is 9.10. The molecule has 0 radical (unpaired) electrons. The Kier molecular flexibility index (Phi) is 6.45. The third-order valence-corrected chi connectivity index (χ3v) is 8.56. The Morgan fingerprint density at radius 3 is 2.69 bits per heavy atom. The molecular weight excluding hydrogens is 368 g/mol. The fraction of sp³-hybridized carbons (Fsp3) is 0.526. The van der Waals surface area contributed by atoms with Crippen molar-refractivity contribution in [3.05, 3.63) is 47.1 Å². The number of sulfonamides is 1. The molecular formula is C19H26N2O3S2. The van der Waals surface area contributed by atoms with E-state index in [1.54, 1.807) is 22.8 Å². The highest BCUT2D eigenvalue weighted by molar-refractivity contribution is 7.91. The van der Waals surface area contributed by atoms with Crippen LogP contribution in [0.5, 0.6) is 0 Å². The van der Waals surface area contributed by atoms with Crippen LogP contribution < -0.4 is 0 Å². The van der Waals surface area contributed by atoms with Gasteiger partial charge in [-0.2, -0.15) is 4.31 Å². The molecule has 1 aliphatic rings. The van der Waals surface area contributed by atoms with Crippen molar-refractivity contribution < 1.29 is 13.2 Å². The third-order valence-electron chi connectivity index (χ3n) is 4.93.